The average Bonchev–Trinajstić information content (AvgIpc) is 2.18. The van der Waals surface area contributed by atoms with Crippen LogP contribution < -0.4 is 11.1 Å². The molecule has 3 N–H and O–H groups in total. The number of nitrogens with one attached hydrogen (secondary N) is 1. The van der Waals surface area contributed by atoms with E-state index in [0.29, 0.717) is 11.7 Å². The highest BCUT2D eigenvalue weighted by atomic mass is 14.9. The third-order valence-corrected chi connectivity index (χ3v) is 2.43. The monoisotopic (exact) mass is 207 g/mol. The fraction of sp³-hybridized carbons (Fsp3) is 0.583. The minimum atomic E-state index is 0.456. The molecule has 3 heteroatoms. The number of aromatic nitrogens is 1. The Bertz CT molecular complexity index is 297. The van der Waals surface area contributed by atoms with Crippen molar-refractivity contribution in [2.24, 2.45) is 5.92 Å². The van der Waals surface area contributed by atoms with E-state index in [0.717, 1.165) is 11.6 Å². The molecule has 0 radical (unpaired) electrons. The molecule has 0 spiro atoms. The van der Waals surface area contributed by atoms with E-state index in [2.05, 4.69) is 31.1 Å². The van der Waals surface area contributed by atoms with Crippen LogP contribution in [0.2, 0.25) is 0 Å². The van der Waals surface area contributed by atoms with E-state index >= 15 is 0 Å². The molecular formula is C12H21N3. The number of nitrogens with zero attached hydrogens (tertiary/aromatic N) is 1. The third kappa shape index (κ3) is 4.19. The summed E-state index contributed by atoms with van der Waals surface area (Å²) < 4.78 is 0. The van der Waals surface area contributed by atoms with Gasteiger partial charge in [-0.2, -0.15) is 0 Å². The first kappa shape index (κ1) is 11.8. The fourth-order valence-corrected chi connectivity index (χ4v) is 1.46. The van der Waals surface area contributed by atoms with Crippen molar-refractivity contribution in [3.05, 3.63) is 18.5 Å². The standard InChI is InChI=1S/C12H21N3/c1-9(2)4-5-10(3)15-12-6-7-14-8-11(12)13/h6-10H,4-5,13H2,1-3H3,(H,14,15). The van der Waals surface area contributed by atoms with E-state index in [1.165, 1.54) is 12.8 Å². The molecule has 0 aliphatic carbocycles. The van der Waals surface area contributed by atoms with E-state index in [1.54, 1.807) is 12.4 Å². The third-order valence-electron chi connectivity index (χ3n) is 2.43. The highest BCUT2D eigenvalue weighted by Gasteiger charge is 2.05. The SMILES string of the molecule is CC(C)CCC(C)Nc1ccncc1N. The molecule has 0 saturated carbocycles. The predicted octanol–water partition coefficient (Wildman–Crippen LogP) is 2.90. The molecule has 1 atom stereocenters. The summed E-state index contributed by atoms with van der Waals surface area (Å²) in [6.45, 7) is 6.67. The predicted molar refractivity (Wildman–Crippen MR) is 65.8 cm³/mol. The lowest BCUT2D eigenvalue weighted by molar-refractivity contribution is 0.528. The first-order valence-corrected chi connectivity index (χ1v) is 5.55. The molecule has 1 aromatic heterocycles. The average molecular weight is 207 g/mol. The van der Waals surface area contributed by atoms with Crippen molar-refractivity contribution >= 4 is 11.4 Å². The van der Waals surface area contributed by atoms with Gasteiger partial charge < -0.3 is 11.1 Å². The van der Waals surface area contributed by atoms with Crippen LogP contribution in [0.4, 0.5) is 11.4 Å². The van der Waals surface area contributed by atoms with Crippen LogP contribution in [0, 0.1) is 5.92 Å². The normalized spacial score (nSPS) is 12.8. The van der Waals surface area contributed by atoms with Crippen LogP contribution in [-0.4, -0.2) is 11.0 Å². The lowest BCUT2D eigenvalue weighted by atomic mass is 10.0. The van der Waals surface area contributed by atoms with Gasteiger partial charge in [0, 0.05) is 12.2 Å². The van der Waals surface area contributed by atoms with Crippen LogP contribution in [0.25, 0.3) is 0 Å². The van der Waals surface area contributed by atoms with Gasteiger partial charge in [0.15, 0.2) is 0 Å². The van der Waals surface area contributed by atoms with Crippen molar-refractivity contribution in [3.8, 4) is 0 Å². The summed E-state index contributed by atoms with van der Waals surface area (Å²) in [7, 11) is 0. The molecule has 1 heterocycles. The molecule has 1 aromatic rings. The first-order valence-electron chi connectivity index (χ1n) is 5.55. The summed E-state index contributed by atoms with van der Waals surface area (Å²) in [6.07, 6.45) is 5.84. The van der Waals surface area contributed by atoms with Gasteiger partial charge in [-0.05, 0) is 31.7 Å². The van der Waals surface area contributed by atoms with Gasteiger partial charge in [0.1, 0.15) is 0 Å². The Labute approximate surface area is 92.1 Å². The molecule has 0 bridgehead atoms. The van der Waals surface area contributed by atoms with E-state index in [-0.39, 0.29) is 0 Å². The summed E-state index contributed by atoms with van der Waals surface area (Å²) >= 11 is 0. The molecule has 0 fully saturated rings. The van der Waals surface area contributed by atoms with Gasteiger partial charge in [-0.1, -0.05) is 13.8 Å². The minimum absolute atomic E-state index is 0.456. The summed E-state index contributed by atoms with van der Waals surface area (Å²) in [5.41, 5.74) is 7.50. The molecule has 1 rings (SSSR count). The van der Waals surface area contributed by atoms with E-state index in [9.17, 15) is 0 Å². The molecule has 0 amide bonds. The topological polar surface area (TPSA) is 50.9 Å². The van der Waals surface area contributed by atoms with Crippen LogP contribution in [0.3, 0.4) is 0 Å². The van der Waals surface area contributed by atoms with Gasteiger partial charge in [0.2, 0.25) is 0 Å². The van der Waals surface area contributed by atoms with Crippen LogP contribution in [0.5, 0.6) is 0 Å². The minimum Gasteiger partial charge on any atom is -0.396 e. The Balaban J connectivity index is 2.44. The van der Waals surface area contributed by atoms with Crippen LogP contribution in [-0.2, 0) is 0 Å². The number of nitrogen functional groups attached to an aromatic ring is 1. The number of anilines is 2. The summed E-state index contributed by atoms with van der Waals surface area (Å²) in [4.78, 5) is 3.96. The second kappa shape index (κ2) is 5.59. The smallest absolute Gasteiger partial charge is 0.0736 e. The first-order chi connectivity index (χ1) is 7.09. The Hall–Kier alpha value is -1.25. The largest absolute Gasteiger partial charge is 0.396 e. The van der Waals surface area contributed by atoms with Gasteiger partial charge >= 0.3 is 0 Å². The molecule has 15 heavy (non-hydrogen) atoms. The molecular weight excluding hydrogens is 186 g/mol. The maximum absolute atomic E-state index is 5.80. The lowest BCUT2D eigenvalue weighted by Gasteiger charge is -2.17. The molecule has 0 aliphatic rings. The number of hydrogen-bond donors (Lipinski definition) is 2. The van der Waals surface area contributed by atoms with Gasteiger partial charge in [0.25, 0.3) is 0 Å². The fourth-order valence-electron chi connectivity index (χ4n) is 1.46. The molecule has 1 unspecified atom stereocenters. The second-order valence-corrected chi connectivity index (χ2v) is 4.48. The summed E-state index contributed by atoms with van der Waals surface area (Å²) in [6, 6.07) is 2.37. The maximum Gasteiger partial charge on any atom is 0.0736 e. The summed E-state index contributed by atoms with van der Waals surface area (Å²) in [5.74, 6) is 0.754. The van der Waals surface area contributed by atoms with E-state index < -0.39 is 0 Å². The molecule has 0 aliphatic heterocycles. The van der Waals surface area contributed by atoms with Crippen molar-refractivity contribution in [1.82, 2.24) is 4.98 Å². The van der Waals surface area contributed by atoms with Crippen molar-refractivity contribution in [2.75, 3.05) is 11.1 Å². The van der Waals surface area contributed by atoms with E-state index in [4.69, 9.17) is 5.73 Å². The zero-order chi connectivity index (χ0) is 11.3. The van der Waals surface area contributed by atoms with Crippen LogP contribution >= 0.6 is 0 Å². The molecule has 0 saturated heterocycles. The molecule has 0 aromatic carbocycles. The van der Waals surface area contributed by atoms with Crippen molar-refractivity contribution < 1.29 is 0 Å². The Morgan fingerprint density at radius 1 is 1.33 bits per heavy atom. The zero-order valence-electron chi connectivity index (χ0n) is 9.83. The zero-order valence-corrected chi connectivity index (χ0v) is 9.83. The van der Waals surface area contributed by atoms with Crippen molar-refractivity contribution in [3.63, 3.8) is 0 Å². The highest BCUT2D eigenvalue weighted by molar-refractivity contribution is 5.64. The summed E-state index contributed by atoms with van der Waals surface area (Å²) in [5, 5.41) is 3.40. The number of hydrogen-bond acceptors (Lipinski definition) is 3. The van der Waals surface area contributed by atoms with Crippen LogP contribution in [0.15, 0.2) is 18.5 Å². The van der Waals surface area contributed by atoms with Gasteiger partial charge in [0.05, 0.1) is 17.6 Å². The highest BCUT2D eigenvalue weighted by Crippen LogP contribution is 2.18. The Morgan fingerprint density at radius 3 is 2.67 bits per heavy atom. The Kier molecular flexibility index (Phi) is 4.40. The van der Waals surface area contributed by atoms with Gasteiger partial charge in [-0.3, -0.25) is 4.98 Å². The molecule has 84 valence electrons. The van der Waals surface area contributed by atoms with Crippen LogP contribution in [0.1, 0.15) is 33.6 Å². The number of pyridine rings is 1. The second-order valence-electron chi connectivity index (χ2n) is 4.48. The van der Waals surface area contributed by atoms with Crippen molar-refractivity contribution in [1.29, 1.82) is 0 Å². The quantitative estimate of drug-likeness (QED) is 0.780. The Morgan fingerprint density at radius 2 is 2.07 bits per heavy atom. The van der Waals surface area contributed by atoms with Gasteiger partial charge in [-0.25, -0.2) is 0 Å². The number of rotatable bonds is 5. The van der Waals surface area contributed by atoms with Crippen molar-refractivity contribution in [2.45, 2.75) is 39.7 Å². The van der Waals surface area contributed by atoms with E-state index in [1.807, 2.05) is 6.07 Å². The maximum atomic E-state index is 5.80. The van der Waals surface area contributed by atoms with Gasteiger partial charge in [-0.15, -0.1) is 0 Å². The number of nitrogens with two attached hydrogens (primary N) is 1. The lowest BCUT2D eigenvalue weighted by Crippen LogP contribution is -2.16. The molecule has 3 nitrogen and oxygen atoms in total.